The molecular formula is C17H16ClN3O2S2. The van der Waals surface area contributed by atoms with Crippen LogP contribution in [0.3, 0.4) is 0 Å². The van der Waals surface area contributed by atoms with Crippen LogP contribution in [0.5, 0.6) is 0 Å². The van der Waals surface area contributed by atoms with Crippen LogP contribution in [0.15, 0.2) is 53.0 Å². The molecule has 3 aromatic rings. The first-order valence-electron chi connectivity index (χ1n) is 7.77. The number of hydrogen-bond donors (Lipinski definition) is 0. The molecule has 3 heterocycles. The van der Waals surface area contributed by atoms with Crippen LogP contribution in [0.1, 0.15) is 22.6 Å². The zero-order valence-corrected chi connectivity index (χ0v) is 15.9. The van der Waals surface area contributed by atoms with Gasteiger partial charge in [0, 0.05) is 32.3 Å². The zero-order chi connectivity index (χ0) is 17.6. The minimum Gasteiger partial charge on any atom is -0.276 e. The number of hydrogen-bond acceptors (Lipinski definition) is 4. The summed E-state index contributed by atoms with van der Waals surface area (Å²) in [4.78, 5) is 0. The summed E-state index contributed by atoms with van der Waals surface area (Å²) in [5, 5.41) is 4.25. The lowest BCUT2D eigenvalue weighted by molar-refractivity contribution is 0.372. The van der Waals surface area contributed by atoms with Gasteiger partial charge in [-0.25, -0.2) is 8.42 Å². The molecule has 0 amide bonds. The second-order valence-electron chi connectivity index (χ2n) is 6.05. The number of fused-ring (bicyclic) bond motifs is 1. The number of thiophene rings is 1. The molecule has 0 fully saturated rings. The number of sulfonamides is 1. The zero-order valence-electron chi connectivity index (χ0n) is 13.5. The van der Waals surface area contributed by atoms with Gasteiger partial charge >= 0.3 is 0 Å². The molecule has 0 bridgehead atoms. The average Bonchev–Trinajstić information content (AvgIpc) is 3.22. The maximum atomic E-state index is 13.0. The van der Waals surface area contributed by atoms with Crippen LogP contribution in [0.25, 0.3) is 0 Å². The molecule has 0 saturated heterocycles. The summed E-state index contributed by atoms with van der Waals surface area (Å²) in [6, 6.07) is 11.2. The van der Waals surface area contributed by atoms with Gasteiger partial charge in [-0.05, 0) is 28.8 Å². The lowest BCUT2D eigenvalue weighted by Crippen LogP contribution is -2.38. The van der Waals surface area contributed by atoms with Crippen molar-refractivity contribution in [1.29, 1.82) is 0 Å². The van der Waals surface area contributed by atoms with Crippen molar-refractivity contribution in [2.45, 2.75) is 16.7 Å². The SMILES string of the molecule is Cn1cc([C@H]2CN(S(=O)(=O)c3ccc(Cl)s3)Cc3ccccc32)cn1. The Morgan fingerprint density at radius 3 is 2.72 bits per heavy atom. The van der Waals surface area contributed by atoms with Crippen molar-refractivity contribution in [2.24, 2.45) is 7.05 Å². The number of nitrogens with zero attached hydrogens (tertiary/aromatic N) is 3. The van der Waals surface area contributed by atoms with E-state index in [9.17, 15) is 8.42 Å². The van der Waals surface area contributed by atoms with E-state index in [-0.39, 0.29) is 10.1 Å². The Balaban J connectivity index is 1.77. The van der Waals surface area contributed by atoms with Gasteiger partial charge in [0.05, 0.1) is 10.5 Å². The summed E-state index contributed by atoms with van der Waals surface area (Å²) in [7, 11) is -1.72. The molecule has 0 spiro atoms. The predicted molar refractivity (Wildman–Crippen MR) is 98.4 cm³/mol. The predicted octanol–water partition coefficient (Wildman–Crippen LogP) is 3.47. The molecule has 1 aliphatic heterocycles. The van der Waals surface area contributed by atoms with E-state index in [1.807, 2.05) is 31.4 Å². The molecule has 0 unspecified atom stereocenters. The van der Waals surface area contributed by atoms with Gasteiger partial charge in [0.15, 0.2) is 0 Å². The summed E-state index contributed by atoms with van der Waals surface area (Å²) >= 11 is 7.03. The molecular weight excluding hydrogens is 378 g/mol. The van der Waals surface area contributed by atoms with Crippen molar-refractivity contribution in [3.8, 4) is 0 Å². The van der Waals surface area contributed by atoms with Gasteiger partial charge in [-0.15, -0.1) is 11.3 Å². The van der Waals surface area contributed by atoms with Crippen LogP contribution in [0, 0.1) is 0 Å². The average molecular weight is 394 g/mol. The second kappa shape index (κ2) is 6.25. The van der Waals surface area contributed by atoms with Crippen LogP contribution in [0.4, 0.5) is 0 Å². The van der Waals surface area contributed by atoms with E-state index in [1.54, 1.807) is 23.0 Å². The molecule has 8 heteroatoms. The highest BCUT2D eigenvalue weighted by atomic mass is 35.5. The first-order chi connectivity index (χ1) is 11.9. The van der Waals surface area contributed by atoms with Gasteiger partial charge in [-0.2, -0.15) is 9.40 Å². The van der Waals surface area contributed by atoms with E-state index in [0.717, 1.165) is 28.0 Å². The van der Waals surface area contributed by atoms with Crippen LogP contribution in [-0.2, 0) is 23.6 Å². The van der Waals surface area contributed by atoms with E-state index in [4.69, 9.17) is 11.6 Å². The third-order valence-corrected chi connectivity index (χ3v) is 7.94. The summed E-state index contributed by atoms with van der Waals surface area (Å²) in [6.45, 7) is 0.755. The standard InChI is InChI=1S/C17H16ClN3O2S2/c1-20-9-13(8-19-20)15-11-21(10-12-4-2-3-5-14(12)15)25(22,23)17-7-6-16(18)24-17/h2-9,15H,10-11H2,1H3/t15-/m1/s1. The molecule has 0 radical (unpaired) electrons. The summed E-state index contributed by atoms with van der Waals surface area (Å²) in [6.07, 6.45) is 3.75. The summed E-state index contributed by atoms with van der Waals surface area (Å²) in [5.41, 5.74) is 3.19. The van der Waals surface area contributed by atoms with E-state index < -0.39 is 10.0 Å². The minimum absolute atomic E-state index is 0.0381. The van der Waals surface area contributed by atoms with E-state index in [1.165, 1.54) is 4.31 Å². The van der Waals surface area contributed by atoms with E-state index in [2.05, 4.69) is 11.2 Å². The van der Waals surface area contributed by atoms with Crippen molar-refractivity contribution in [2.75, 3.05) is 6.54 Å². The highest BCUT2D eigenvalue weighted by molar-refractivity contribution is 7.91. The van der Waals surface area contributed by atoms with E-state index >= 15 is 0 Å². The Labute approximate surface area is 155 Å². The molecule has 4 rings (SSSR count). The third kappa shape index (κ3) is 3.01. The van der Waals surface area contributed by atoms with Gasteiger partial charge in [0.2, 0.25) is 0 Å². The second-order valence-corrected chi connectivity index (χ2v) is 9.93. The van der Waals surface area contributed by atoms with Gasteiger partial charge in [-0.3, -0.25) is 4.68 Å². The number of aromatic nitrogens is 2. The van der Waals surface area contributed by atoms with Crippen molar-refractivity contribution in [3.63, 3.8) is 0 Å². The molecule has 130 valence electrons. The molecule has 1 aromatic carbocycles. The Morgan fingerprint density at radius 2 is 2.04 bits per heavy atom. The molecule has 1 aliphatic rings. The van der Waals surface area contributed by atoms with Gasteiger partial charge in [0.1, 0.15) is 4.21 Å². The van der Waals surface area contributed by atoms with E-state index in [0.29, 0.717) is 17.4 Å². The highest BCUT2D eigenvalue weighted by Gasteiger charge is 2.35. The van der Waals surface area contributed by atoms with Crippen LogP contribution < -0.4 is 0 Å². The van der Waals surface area contributed by atoms with Crippen molar-refractivity contribution in [1.82, 2.24) is 14.1 Å². The fraction of sp³-hybridized carbons (Fsp3) is 0.235. The largest absolute Gasteiger partial charge is 0.276 e. The Morgan fingerprint density at radius 1 is 1.24 bits per heavy atom. The highest BCUT2D eigenvalue weighted by Crippen LogP contribution is 2.37. The molecule has 2 aromatic heterocycles. The summed E-state index contributed by atoms with van der Waals surface area (Å²) < 4.78 is 30.1. The molecule has 25 heavy (non-hydrogen) atoms. The molecule has 0 saturated carbocycles. The van der Waals surface area contributed by atoms with Crippen LogP contribution >= 0.6 is 22.9 Å². The van der Waals surface area contributed by atoms with Crippen molar-refractivity contribution < 1.29 is 8.42 Å². The van der Waals surface area contributed by atoms with Gasteiger partial charge in [-0.1, -0.05) is 35.9 Å². The normalized spacial score (nSPS) is 18.2. The fourth-order valence-corrected chi connectivity index (χ4v) is 6.30. The van der Waals surface area contributed by atoms with Gasteiger partial charge in [0.25, 0.3) is 10.0 Å². The Kier molecular flexibility index (Phi) is 4.19. The fourth-order valence-electron chi connectivity index (χ4n) is 3.23. The molecule has 1 atom stereocenters. The van der Waals surface area contributed by atoms with Crippen LogP contribution in [-0.4, -0.2) is 29.0 Å². The molecule has 5 nitrogen and oxygen atoms in total. The monoisotopic (exact) mass is 393 g/mol. The topological polar surface area (TPSA) is 55.2 Å². The first kappa shape index (κ1) is 16.8. The Bertz CT molecular complexity index is 1030. The van der Waals surface area contributed by atoms with Crippen LogP contribution in [0.2, 0.25) is 4.34 Å². The number of halogens is 1. The quantitative estimate of drug-likeness (QED) is 0.684. The lowest BCUT2D eigenvalue weighted by atomic mass is 9.87. The van der Waals surface area contributed by atoms with Crippen molar-refractivity contribution >= 4 is 33.0 Å². The smallest absolute Gasteiger partial charge is 0.252 e. The minimum atomic E-state index is -3.58. The maximum Gasteiger partial charge on any atom is 0.252 e. The lowest BCUT2D eigenvalue weighted by Gasteiger charge is -2.33. The molecule has 0 N–H and O–H groups in total. The number of rotatable bonds is 3. The van der Waals surface area contributed by atoms with Gasteiger partial charge < -0.3 is 0 Å². The first-order valence-corrected chi connectivity index (χ1v) is 10.4. The number of aryl methyl sites for hydroxylation is 1. The Hall–Kier alpha value is -1.67. The summed E-state index contributed by atoms with van der Waals surface area (Å²) in [5.74, 6) is -0.0381. The maximum absolute atomic E-state index is 13.0. The molecule has 0 aliphatic carbocycles. The number of benzene rings is 1. The van der Waals surface area contributed by atoms with Crippen molar-refractivity contribution in [3.05, 3.63) is 69.8 Å². The third-order valence-electron chi connectivity index (χ3n) is 4.43.